The van der Waals surface area contributed by atoms with E-state index in [2.05, 4.69) is 4.74 Å². The van der Waals surface area contributed by atoms with Gasteiger partial charge in [-0.25, -0.2) is 13.6 Å². The van der Waals surface area contributed by atoms with Crippen molar-refractivity contribution in [3.05, 3.63) is 0 Å². The second-order valence-electron chi connectivity index (χ2n) is 4.58. The Bertz CT molecular complexity index is 259. The van der Waals surface area contributed by atoms with Crippen molar-refractivity contribution in [2.45, 2.75) is 50.5 Å². The molecule has 0 aromatic carbocycles. The second-order valence-corrected chi connectivity index (χ2v) is 4.58. The van der Waals surface area contributed by atoms with E-state index >= 15 is 0 Å². The molecule has 0 aromatic heterocycles. The van der Waals surface area contributed by atoms with Crippen molar-refractivity contribution < 1.29 is 18.3 Å². The molecular weight excluding hydrogens is 216 g/mol. The molecule has 1 saturated carbocycles. The number of hydrogen-bond donors (Lipinski definition) is 1. The molecule has 0 radical (unpaired) electrons. The van der Waals surface area contributed by atoms with Crippen LogP contribution in [0, 0.1) is 5.92 Å². The Labute approximate surface area is 94.3 Å². The number of nitrogens with two attached hydrogens (primary N) is 1. The number of rotatable bonds is 3. The van der Waals surface area contributed by atoms with Gasteiger partial charge in [0, 0.05) is 6.92 Å². The van der Waals surface area contributed by atoms with E-state index in [1.165, 1.54) is 0 Å². The van der Waals surface area contributed by atoms with E-state index in [-0.39, 0.29) is 0 Å². The van der Waals surface area contributed by atoms with Crippen LogP contribution >= 0.6 is 0 Å². The standard InChI is InChI=1S/C11H19F2NO2/c1-10(12,13)11(14,9(15)16-2)8-6-4-3-5-7-8/h8H,3-7,14H2,1-2H3. The number of ether oxygens (including phenoxy) is 1. The summed E-state index contributed by atoms with van der Waals surface area (Å²) in [5.41, 5.74) is 3.50. The van der Waals surface area contributed by atoms with Gasteiger partial charge in [-0.1, -0.05) is 19.3 Å². The van der Waals surface area contributed by atoms with Gasteiger partial charge in [-0.15, -0.1) is 0 Å². The van der Waals surface area contributed by atoms with E-state index in [9.17, 15) is 13.6 Å². The van der Waals surface area contributed by atoms with Gasteiger partial charge in [0.05, 0.1) is 7.11 Å². The van der Waals surface area contributed by atoms with Crippen LogP contribution in [-0.4, -0.2) is 24.5 Å². The van der Waals surface area contributed by atoms with Crippen LogP contribution in [0.3, 0.4) is 0 Å². The topological polar surface area (TPSA) is 52.3 Å². The third-order valence-corrected chi connectivity index (χ3v) is 3.50. The number of alkyl halides is 2. The van der Waals surface area contributed by atoms with Crippen molar-refractivity contribution in [3.8, 4) is 0 Å². The van der Waals surface area contributed by atoms with Gasteiger partial charge in [0.1, 0.15) is 0 Å². The first kappa shape index (κ1) is 13.4. The van der Waals surface area contributed by atoms with Gasteiger partial charge in [0.25, 0.3) is 5.92 Å². The van der Waals surface area contributed by atoms with E-state index in [0.29, 0.717) is 19.8 Å². The molecule has 1 unspecified atom stereocenters. The van der Waals surface area contributed by atoms with Crippen molar-refractivity contribution >= 4 is 5.97 Å². The highest BCUT2D eigenvalue weighted by atomic mass is 19.3. The molecule has 16 heavy (non-hydrogen) atoms. The summed E-state index contributed by atoms with van der Waals surface area (Å²) in [5.74, 6) is -4.76. The summed E-state index contributed by atoms with van der Waals surface area (Å²) >= 11 is 0. The van der Waals surface area contributed by atoms with Crippen LogP contribution in [0.1, 0.15) is 39.0 Å². The van der Waals surface area contributed by atoms with Crippen molar-refractivity contribution in [1.82, 2.24) is 0 Å². The molecule has 0 aliphatic heterocycles. The average Bonchev–Trinajstić information content (AvgIpc) is 2.26. The zero-order chi connectivity index (χ0) is 12.4. The van der Waals surface area contributed by atoms with Gasteiger partial charge in [-0.05, 0) is 18.8 Å². The first-order valence-corrected chi connectivity index (χ1v) is 5.59. The number of carbonyl (C=O) groups excluding carboxylic acids is 1. The Morgan fingerprint density at radius 1 is 1.31 bits per heavy atom. The zero-order valence-corrected chi connectivity index (χ0v) is 9.76. The van der Waals surface area contributed by atoms with Crippen LogP contribution in [0.25, 0.3) is 0 Å². The number of methoxy groups -OCH3 is 1. The van der Waals surface area contributed by atoms with Crippen molar-refractivity contribution in [3.63, 3.8) is 0 Å². The van der Waals surface area contributed by atoms with Gasteiger partial charge in [0.15, 0.2) is 5.54 Å². The Morgan fingerprint density at radius 2 is 1.81 bits per heavy atom. The molecule has 0 saturated heterocycles. The van der Waals surface area contributed by atoms with Crippen molar-refractivity contribution in [2.75, 3.05) is 7.11 Å². The highest BCUT2D eigenvalue weighted by Gasteiger charge is 2.58. The maximum atomic E-state index is 13.6. The largest absolute Gasteiger partial charge is 0.467 e. The molecule has 0 spiro atoms. The van der Waals surface area contributed by atoms with Crippen molar-refractivity contribution in [2.24, 2.45) is 11.7 Å². The van der Waals surface area contributed by atoms with E-state index in [4.69, 9.17) is 5.73 Å². The fourth-order valence-electron chi connectivity index (χ4n) is 2.43. The first-order valence-electron chi connectivity index (χ1n) is 5.59. The third kappa shape index (κ3) is 2.19. The maximum absolute atomic E-state index is 13.6. The molecule has 1 aliphatic rings. The van der Waals surface area contributed by atoms with E-state index in [1.807, 2.05) is 0 Å². The summed E-state index contributed by atoms with van der Waals surface area (Å²) in [6.07, 6.45) is 3.83. The van der Waals surface area contributed by atoms with E-state index in [0.717, 1.165) is 26.4 Å². The van der Waals surface area contributed by atoms with E-state index < -0.39 is 23.3 Å². The average molecular weight is 235 g/mol. The molecule has 1 fully saturated rings. The molecule has 1 aliphatic carbocycles. The fourth-order valence-corrected chi connectivity index (χ4v) is 2.43. The van der Waals surface area contributed by atoms with Gasteiger partial charge < -0.3 is 10.5 Å². The van der Waals surface area contributed by atoms with Crippen LogP contribution in [-0.2, 0) is 9.53 Å². The van der Waals surface area contributed by atoms with Gasteiger partial charge in [-0.3, -0.25) is 0 Å². The Kier molecular flexibility index (Phi) is 3.88. The predicted molar refractivity (Wildman–Crippen MR) is 56.1 cm³/mol. The summed E-state index contributed by atoms with van der Waals surface area (Å²) in [7, 11) is 1.10. The van der Waals surface area contributed by atoms with Gasteiger partial charge in [-0.2, -0.15) is 0 Å². The lowest BCUT2D eigenvalue weighted by Crippen LogP contribution is -2.65. The Hall–Kier alpha value is -0.710. The molecule has 5 heteroatoms. The minimum Gasteiger partial charge on any atom is -0.467 e. The highest BCUT2D eigenvalue weighted by Crippen LogP contribution is 2.40. The summed E-state index contributed by atoms with van der Waals surface area (Å²) in [5, 5.41) is 0. The van der Waals surface area contributed by atoms with Crippen LogP contribution in [0.4, 0.5) is 8.78 Å². The molecule has 0 heterocycles. The van der Waals surface area contributed by atoms with Crippen LogP contribution in [0.5, 0.6) is 0 Å². The highest BCUT2D eigenvalue weighted by molar-refractivity contribution is 5.82. The van der Waals surface area contributed by atoms with Crippen LogP contribution in [0.15, 0.2) is 0 Å². The Morgan fingerprint density at radius 3 is 2.19 bits per heavy atom. The lowest BCUT2D eigenvalue weighted by Gasteiger charge is -2.40. The number of esters is 1. The van der Waals surface area contributed by atoms with Crippen LogP contribution in [0.2, 0.25) is 0 Å². The SMILES string of the molecule is COC(=O)C(N)(C1CCCCC1)C(C)(F)F. The van der Waals surface area contributed by atoms with Gasteiger partial charge in [0.2, 0.25) is 0 Å². The molecule has 1 atom stereocenters. The Balaban J connectivity index is 2.98. The first-order chi connectivity index (χ1) is 7.34. The number of carbonyl (C=O) groups is 1. The number of hydrogen-bond acceptors (Lipinski definition) is 3. The summed E-state index contributed by atoms with van der Waals surface area (Å²) in [4.78, 5) is 11.6. The molecule has 0 aromatic rings. The summed E-state index contributed by atoms with van der Waals surface area (Å²) < 4.78 is 31.6. The molecular formula is C11H19F2NO2. The summed E-state index contributed by atoms with van der Waals surface area (Å²) in [6.45, 7) is 0.693. The lowest BCUT2D eigenvalue weighted by atomic mass is 9.72. The zero-order valence-electron chi connectivity index (χ0n) is 9.76. The minimum atomic E-state index is -3.26. The lowest BCUT2D eigenvalue weighted by molar-refractivity contribution is -0.170. The molecule has 1 rings (SSSR count). The smallest absolute Gasteiger partial charge is 0.332 e. The summed E-state index contributed by atoms with van der Waals surface area (Å²) in [6, 6.07) is 0. The fraction of sp³-hybridized carbons (Fsp3) is 0.909. The maximum Gasteiger partial charge on any atom is 0.332 e. The molecule has 94 valence electrons. The quantitative estimate of drug-likeness (QED) is 0.762. The number of halogens is 2. The minimum absolute atomic E-state index is 0.492. The normalized spacial score (nSPS) is 22.6. The van der Waals surface area contributed by atoms with Crippen molar-refractivity contribution in [1.29, 1.82) is 0 Å². The third-order valence-electron chi connectivity index (χ3n) is 3.50. The monoisotopic (exact) mass is 235 g/mol. The van der Waals surface area contributed by atoms with E-state index in [1.54, 1.807) is 0 Å². The van der Waals surface area contributed by atoms with Gasteiger partial charge >= 0.3 is 5.97 Å². The molecule has 3 nitrogen and oxygen atoms in total. The molecule has 2 N–H and O–H groups in total. The molecule has 0 amide bonds. The predicted octanol–water partition coefficient (Wildman–Crippen LogP) is 2.09. The molecule has 0 bridgehead atoms. The van der Waals surface area contributed by atoms with Crippen LogP contribution < -0.4 is 5.73 Å². The second kappa shape index (κ2) is 4.65.